The Bertz CT molecular complexity index is 465. The Kier molecular flexibility index (Phi) is 5.44. The second kappa shape index (κ2) is 7.31. The normalized spacial score (nSPS) is 17.9. The average Bonchev–Trinajstić information content (AvgIpc) is 2.94. The molecule has 0 atom stereocenters. The minimum atomic E-state index is 0.105. The fraction of sp³-hybridized carbons (Fsp3) is 0.562. The zero-order chi connectivity index (χ0) is 15.1. The number of hydrogen-bond donors (Lipinski definition) is 3. The number of nitrogens with two attached hydrogens (primary N) is 1. The van der Waals surface area contributed by atoms with Gasteiger partial charge >= 0.3 is 0 Å². The third-order valence-corrected chi connectivity index (χ3v) is 4.17. The summed E-state index contributed by atoms with van der Waals surface area (Å²) in [5.74, 6) is 0.895. The van der Waals surface area contributed by atoms with Gasteiger partial charge in [-0.15, -0.1) is 0 Å². The van der Waals surface area contributed by atoms with Crippen LogP contribution in [0.3, 0.4) is 0 Å². The van der Waals surface area contributed by atoms with E-state index in [4.69, 9.17) is 15.7 Å². The number of hydrogen-bond acceptors (Lipinski definition) is 4. The Balaban J connectivity index is 1.66. The molecule has 2 rings (SSSR count). The van der Waals surface area contributed by atoms with Crippen LogP contribution in [-0.4, -0.2) is 30.7 Å². The van der Waals surface area contributed by atoms with E-state index in [0.717, 1.165) is 18.8 Å². The van der Waals surface area contributed by atoms with Gasteiger partial charge in [-0.1, -0.05) is 24.9 Å². The second-order valence-corrected chi connectivity index (χ2v) is 6.05. The number of nitrogens with one attached hydrogen (secondary N) is 1. The van der Waals surface area contributed by atoms with Gasteiger partial charge < -0.3 is 21.0 Å². The molecule has 1 aromatic carbocycles. The third-order valence-electron chi connectivity index (χ3n) is 4.17. The van der Waals surface area contributed by atoms with E-state index in [2.05, 4.69) is 17.4 Å². The molecular formula is C16H25N3O2. The summed E-state index contributed by atoms with van der Waals surface area (Å²) in [6.45, 7) is 4.91. The summed E-state index contributed by atoms with van der Waals surface area (Å²) < 4.78 is 5.67. The molecule has 0 unspecified atom stereocenters. The van der Waals surface area contributed by atoms with E-state index in [1.807, 2.05) is 12.1 Å². The lowest BCUT2D eigenvalue weighted by Gasteiger charge is -2.23. The second-order valence-electron chi connectivity index (χ2n) is 6.05. The number of ether oxygens (including phenoxy) is 1. The molecule has 21 heavy (non-hydrogen) atoms. The molecule has 1 aliphatic carbocycles. The van der Waals surface area contributed by atoms with Crippen LogP contribution in [0.2, 0.25) is 0 Å². The lowest BCUT2D eigenvalue weighted by molar-refractivity contribution is 0.278. The number of amidine groups is 1. The van der Waals surface area contributed by atoms with Crippen LogP contribution in [-0.2, 0) is 0 Å². The largest absolute Gasteiger partial charge is 0.492 e. The Morgan fingerprint density at radius 3 is 2.62 bits per heavy atom. The maximum Gasteiger partial charge on any atom is 0.170 e. The van der Waals surface area contributed by atoms with Crippen molar-refractivity contribution >= 4 is 5.84 Å². The Morgan fingerprint density at radius 2 is 2.00 bits per heavy atom. The molecule has 1 fully saturated rings. The van der Waals surface area contributed by atoms with Crippen molar-refractivity contribution in [1.82, 2.24) is 5.32 Å². The van der Waals surface area contributed by atoms with Crippen molar-refractivity contribution in [3.63, 3.8) is 0 Å². The minimum absolute atomic E-state index is 0.105. The van der Waals surface area contributed by atoms with E-state index in [1.54, 1.807) is 12.1 Å². The van der Waals surface area contributed by atoms with Gasteiger partial charge in [0.05, 0.1) is 0 Å². The fourth-order valence-electron chi connectivity index (χ4n) is 2.82. The van der Waals surface area contributed by atoms with Crippen molar-refractivity contribution in [1.29, 1.82) is 0 Å². The lowest BCUT2D eigenvalue weighted by Crippen LogP contribution is -2.32. The quantitative estimate of drug-likeness (QED) is 0.237. The van der Waals surface area contributed by atoms with Crippen LogP contribution in [0.25, 0.3) is 0 Å². The Labute approximate surface area is 126 Å². The fourth-order valence-corrected chi connectivity index (χ4v) is 2.82. The predicted molar refractivity (Wildman–Crippen MR) is 83.9 cm³/mol. The zero-order valence-electron chi connectivity index (χ0n) is 12.6. The van der Waals surface area contributed by atoms with Crippen molar-refractivity contribution in [2.75, 3.05) is 19.7 Å². The Hall–Kier alpha value is -1.75. The number of benzene rings is 1. The van der Waals surface area contributed by atoms with E-state index in [0.29, 0.717) is 17.6 Å². The molecule has 5 nitrogen and oxygen atoms in total. The highest BCUT2D eigenvalue weighted by molar-refractivity contribution is 5.97. The summed E-state index contributed by atoms with van der Waals surface area (Å²) in [6, 6.07) is 7.20. The van der Waals surface area contributed by atoms with E-state index in [-0.39, 0.29) is 5.84 Å². The highest BCUT2D eigenvalue weighted by Gasteiger charge is 2.27. The first kappa shape index (κ1) is 15.6. The number of rotatable bonds is 7. The van der Waals surface area contributed by atoms with Crippen molar-refractivity contribution in [3.05, 3.63) is 29.8 Å². The van der Waals surface area contributed by atoms with Crippen molar-refractivity contribution in [2.45, 2.75) is 32.6 Å². The van der Waals surface area contributed by atoms with Gasteiger partial charge in [0.1, 0.15) is 12.4 Å². The molecule has 0 aliphatic heterocycles. The first-order valence-corrected chi connectivity index (χ1v) is 7.54. The van der Waals surface area contributed by atoms with Gasteiger partial charge in [0, 0.05) is 18.7 Å². The first-order chi connectivity index (χ1) is 10.1. The zero-order valence-corrected chi connectivity index (χ0v) is 12.6. The monoisotopic (exact) mass is 291 g/mol. The van der Waals surface area contributed by atoms with Crippen LogP contribution in [0.1, 0.15) is 38.2 Å². The molecule has 1 saturated carbocycles. The highest BCUT2D eigenvalue weighted by Crippen LogP contribution is 2.36. The minimum Gasteiger partial charge on any atom is -0.492 e. The van der Waals surface area contributed by atoms with Gasteiger partial charge in [-0.05, 0) is 42.5 Å². The predicted octanol–water partition coefficient (Wildman–Crippen LogP) is 2.33. The SMILES string of the molecule is CC1(CNCCOc2ccc(C(N)=NO)cc2)CCCC1. The number of nitrogens with zero attached hydrogens (tertiary/aromatic N) is 1. The van der Waals surface area contributed by atoms with Crippen molar-refractivity contribution < 1.29 is 9.94 Å². The molecule has 0 aromatic heterocycles. The summed E-state index contributed by atoms with van der Waals surface area (Å²) in [7, 11) is 0. The third kappa shape index (κ3) is 4.63. The standard InChI is InChI=1S/C16H25N3O2/c1-16(8-2-3-9-16)12-18-10-11-21-14-6-4-13(5-7-14)15(17)19-20/h4-7,18,20H,2-3,8-12H2,1H3,(H2,17,19). The van der Waals surface area contributed by atoms with Crippen LogP contribution < -0.4 is 15.8 Å². The van der Waals surface area contributed by atoms with Gasteiger partial charge in [-0.25, -0.2) is 0 Å². The topological polar surface area (TPSA) is 79.9 Å². The van der Waals surface area contributed by atoms with Crippen LogP contribution in [0.5, 0.6) is 5.75 Å². The van der Waals surface area contributed by atoms with Crippen LogP contribution in [0.4, 0.5) is 0 Å². The average molecular weight is 291 g/mol. The molecular weight excluding hydrogens is 266 g/mol. The van der Waals surface area contributed by atoms with E-state index in [1.165, 1.54) is 25.7 Å². The summed E-state index contributed by atoms with van der Waals surface area (Å²) in [5.41, 5.74) is 6.66. The van der Waals surface area contributed by atoms with Gasteiger partial charge in [0.15, 0.2) is 5.84 Å². The van der Waals surface area contributed by atoms with Gasteiger partial charge in [-0.3, -0.25) is 0 Å². The van der Waals surface area contributed by atoms with Crippen LogP contribution >= 0.6 is 0 Å². The maximum atomic E-state index is 8.59. The first-order valence-electron chi connectivity index (χ1n) is 7.54. The molecule has 0 radical (unpaired) electrons. The summed E-state index contributed by atoms with van der Waals surface area (Å²) in [6.07, 6.45) is 5.38. The molecule has 0 saturated heterocycles. The van der Waals surface area contributed by atoms with Gasteiger partial charge in [0.2, 0.25) is 0 Å². The smallest absolute Gasteiger partial charge is 0.170 e. The Morgan fingerprint density at radius 1 is 1.33 bits per heavy atom. The highest BCUT2D eigenvalue weighted by atomic mass is 16.5. The molecule has 1 aromatic rings. The molecule has 116 valence electrons. The van der Waals surface area contributed by atoms with E-state index in [9.17, 15) is 0 Å². The van der Waals surface area contributed by atoms with E-state index < -0.39 is 0 Å². The van der Waals surface area contributed by atoms with Crippen molar-refractivity contribution in [2.24, 2.45) is 16.3 Å². The lowest BCUT2D eigenvalue weighted by atomic mass is 9.89. The molecule has 0 heterocycles. The molecule has 5 heteroatoms. The summed E-state index contributed by atoms with van der Waals surface area (Å²) >= 11 is 0. The van der Waals surface area contributed by atoms with E-state index >= 15 is 0 Å². The summed E-state index contributed by atoms with van der Waals surface area (Å²) in [4.78, 5) is 0. The van der Waals surface area contributed by atoms with Gasteiger partial charge in [-0.2, -0.15) is 0 Å². The van der Waals surface area contributed by atoms with Crippen molar-refractivity contribution in [3.8, 4) is 5.75 Å². The summed E-state index contributed by atoms with van der Waals surface area (Å²) in [5, 5.41) is 15.0. The molecule has 1 aliphatic rings. The molecule has 0 spiro atoms. The molecule has 0 bridgehead atoms. The maximum absolute atomic E-state index is 8.59. The molecule has 0 amide bonds. The van der Waals surface area contributed by atoms with Crippen LogP contribution in [0.15, 0.2) is 29.4 Å². The number of oxime groups is 1. The molecule has 4 N–H and O–H groups in total. The van der Waals surface area contributed by atoms with Crippen LogP contribution in [0, 0.1) is 5.41 Å². The van der Waals surface area contributed by atoms with Gasteiger partial charge in [0.25, 0.3) is 0 Å².